The van der Waals surface area contributed by atoms with Crippen molar-refractivity contribution < 1.29 is 32.6 Å². The number of carbonyl (C=O) groups is 3. The van der Waals surface area contributed by atoms with Crippen molar-refractivity contribution in [2.45, 2.75) is 39.2 Å². The van der Waals surface area contributed by atoms with Crippen molar-refractivity contribution in [3.63, 3.8) is 0 Å². The lowest BCUT2D eigenvalue weighted by molar-refractivity contribution is -0.153. The van der Waals surface area contributed by atoms with E-state index in [9.17, 15) is 23.2 Å². The summed E-state index contributed by atoms with van der Waals surface area (Å²) in [6.45, 7) is 3.91. The van der Waals surface area contributed by atoms with E-state index >= 15 is 0 Å². The molecule has 0 aliphatic heterocycles. The number of ketones is 1. The number of amides is 1. The van der Waals surface area contributed by atoms with E-state index in [4.69, 9.17) is 9.47 Å². The van der Waals surface area contributed by atoms with Crippen LogP contribution in [-0.2, 0) is 14.3 Å². The third kappa shape index (κ3) is 6.95. The number of ether oxygens (including phenoxy) is 2. The maximum atomic E-state index is 13.2. The topological polar surface area (TPSA) is 81.7 Å². The highest BCUT2D eigenvalue weighted by molar-refractivity contribution is 5.98. The minimum absolute atomic E-state index is 0.0309. The third-order valence-electron chi connectivity index (χ3n) is 4.07. The number of carbonyl (C=O) groups excluding carboxylic acids is 3. The van der Waals surface area contributed by atoms with Crippen molar-refractivity contribution in [2.24, 2.45) is 0 Å². The van der Waals surface area contributed by atoms with Gasteiger partial charge in [0.15, 0.2) is 23.5 Å². The van der Waals surface area contributed by atoms with Crippen LogP contribution >= 0.6 is 0 Å². The molecule has 160 valence electrons. The van der Waals surface area contributed by atoms with Gasteiger partial charge in [-0.15, -0.1) is 0 Å². The summed E-state index contributed by atoms with van der Waals surface area (Å²) in [5.74, 6) is -3.16. The van der Waals surface area contributed by atoms with E-state index < -0.39 is 29.6 Å². The van der Waals surface area contributed by atoms with Gasteiger partial charge in [-0.25, -0.2) is 8.78 Å². The Hall–Kier alpha value is -3.29. The second-order valence-electron chi connectivity index (χ2n) is 6.55. The number of anilines is 1. The van der Waals surface area contributed by atoms with Crippen LogP contribution in [0, 0.1) is 11.6 Å². The standard InChI is InChI=1S/C22H23F2NO5/c1-3-12-29-17-7-4-15(5-8-17)20(26)10-11-21(27)30-14(2)22(28)25-16-6-9-18(23)19(24)13-16/h4-9,13-14H,3,10-12H2,1-2H3,(H,25,28)/t14-/m1/s1. The summed E-state index contributed by atoms with van der Waals surface area (Å²) in [6.07, 6.45) is -0.572. The molecule has 0 aliphatic carbocycles. The molecule has 2 rings (SSSR count). The minimum atomic E-state index is -1.17. The van der Waals surface area contributed by atoms with E-state index in [1.54, 1.807) is 24.3 Å². The monoisotopic (exact) mass is 419 g/mol. The van der Waals surface area contributed by atoms with Crippen molar-refractivity contribution in [1.82, 2.24) is 0 Å². The number of rotatable bonds is 10. The fraction of sp³-hybridized carbons (Fsp3) is 0.318. The summed E-state index contributed by atoms with van der Waals surface area (Å²) < 4.78 is 36.5. The van der Waals surface area contributed by atoms with Gasteiger partial charge in [0, 0.05) is 23.7 Å². The van der Waals surface area contributed by atoms with Crippen LogP contribution in [0.15, 0.2) is 42.5 Å². The van der Waals surface area contributed by atoms with Crippen LogP contribution in [0.5, 0.6) is 5.75 Å². The van der Waals surface area contributed by atoms with Crippen LogP contribution in [0.2, 0.25) is 0 Å². The van der Waals surface area contributed by atoms with Gasteiger partial charge in [-0.3, -0.25) is 14.4 Å². The number of hydrogen-bond acceptors (Lipinski definition) is 5. The Kier molecular flexibility index (Phi) is 8.46. The fourth-order valence-electron chi connectivity index (χ4n) is 2.44. The molecule has 1 atom stereocenters. The van der Waals surface area contributed by atoms with Gasteiger partial charge in [0.05, 0.1) is 13.0 Å². The Morgan fingerprint density at radius 1 is 1.00 bits per heavy atom. The molecule has 30 heavy (non-hydrogen) atoms. The lowest BCUT2D eigenvalue weighted by Gasteiger charge is -2.13. The number of Topliss-reactive ketones (excluding diaryl/α,β-unsaturated/α-hetero) is 1. The quantitative estimate of drug-likeness (QED) is 0.459. The maximum absolute atomic E-state index is 13.2. The van der Waals surface area contributed by atoms with E-state index in [0.29, 0.717) is 17.9 Å². The molecule has 1 N–H and O–H groups in total. The number of halogens is 2. The van der Waals surface area contributed by atoms with Crippen LogP contribution in [-0.4, -0.2) is 30.4 Å². The van der Waals surface area contributed by atoms with Crippen LogP contribution in [0.25, 0.3) is 0 Å². The Morgan fingerprint density at radius 3 is 2.33 bits per heavy atom. The van der Waals surface area contributed by atoms with Gasteiger partial charge in [0.25, 0.3) is 5.91 Å². The molecule has 2 aromatic rings. The maximum Gasteiger partial charge on any atom is 0.307 e. The van der Waals surface area contributed by atoms with Crippen molar-refractivity contribution >= 4 is 23.3 Å². The summed E-state index contributed by atoms with van der Waals surface area (Å²) in [6, 6.07) is 9.49. The summed E-state index contributed by atoms with van der Waals surface area (Å²) in [4.78, 5) is 36.2. The summed E-state index contributed by atoms with van der Waals surface area (Å²) in [5.41, 5.74) is 0.471. The van der Waals surface area contributed by atoms with E-state index in [2.05, 4.69) is 5.32 Å². The molecule has 2 aromatic carbocycles. The molecule has 0 aromatic heterocycles. The zero-order valence-electron chi connectivity index (χ0n) is 16.7. The Balaban J connectivity index is 1.79. The molecule has 0 aliphatic rings. The first-order chi connectivity index (χ1) is 14.3. The predicted octanol–water partition coefficient (Wildman–Crippen LogP) is 4.29. The molecule has 0 radical (unpaired) electrons. The molecule has 0 bridgehead atoms. The lowest BCUT2D eigenvalue weighted by atomic mass is 10.1. The smallest absolute Gasteiger partial charge is 0.307 e. The molecule has 8 heteroatoms. The highest BCUT2D eigenvalue weighted by atomic mass is 19.2. The van der Waals surface area contributed by atoms with Crippen LogP contribution < -0.4 is 10.1 Å². The van der Waals surface area contributed by atoms with Crippen molar-refractivity contribution in [2.75, 3.05) is 11.9 Å². The second kappa shape index (κ2) is 11.0. The first-order valence-electron chi connectivity index (χ1n) is 9.51. The highest BCUT2D eigenvalue weighted by Gasteiger charge is 2.19. The van der Waals surface area contributed by atoms with Gasteiger partial charge in [0.2, 0.25) is 0 Å². The molecule has 6 nitrogen and oxygen atoms in total. The summed E-state index contributed by atoms with van der Waals surface area (Å²) >= 11 is 0. The van der Waals surface area contributed by atoms with Gasteiger partial charge in [-0.2, -0.15) is 0 Å². The number of benzene rings is 2. The van der Waals surface area contributed by atoms with Crippen molar-refractivity contribution in [3.05, 3.63) is 59.7 Å². The third-order valence-corrected chi connectivity index (χ3v) is 4.07. The van der Waals surface area contributed by atoms with Gasteiger partial charge in [0.1, 0.15) is 5.75 Å². The predicted molar refractivity (Wildman–Crippen MR) is 106 cm³/mol. The Bertz CT molecular complexity index is 899. The number of nitrogens with one attached hydrogen (secondary N) is 1. The van der Waals surface area contributed by atoms with Crippen LogP contribution in [0.1, 0.15) is 43.5 Å². The van der Waals surface area contributed by atoms with E-state index in [1.165, 1.54) is 13.0 Å². The zero-order chi connectivity index (χ0) is 22.1. The number of esters is 1. The van der Waals surface area contributed by atoms with E-state index in [-0.39, 0.29) is 24.3 Å². The molecule has 0 unspecified atom stereocenters. The number of hydrogen-bond donors (Lipinski definition) is 1. The SMILES string of the molecule is CCCOc1ccc(C(=O)CCC(=O)O[C@H](C)C(=O)Nc2ccc(F)c(F)c2)cc1. The van der Waals surface area contributed by atoms with Crippen LogP contribution in [0.3, 0.4) is 0 Å². The molecule has 0 fully saturated rings. The fourth-order valence-corrected chi connectivity index (χ4v) is 2.44. The molecule has 1 amide bonds. The van der Waals surface area contributed by atoms with Gasteiger partial charge >= 0.3 is 5.97 Å². The molecule has 0 spiro atoms. The molecule has 0 heterocycles. The first kappa shape index (κ1) is 23.0. The Morgan fingerprint density at radius 2 is 1.70 bits per heavy atom. The largest absolute Gasteiger partial charge is 0.494 e. The molecular formula is C22H23F2NO5. The van der Waals surface area contributed by atoms with Gasteiger partial charge < -0.3 is 14.8 Å². The highest BCUT2D eigenvalue weighted by Crippen LogP contribution is 2.16. The van der Waals surface area contributed by atoms with Crippen molar-refractivity contribution in [1.29, 1.82) is 0 Å². The molecule has 0 saturated heterocycles. The van der Waals surface area contributed by atoms with Gasteiger partial charge in [-0.1, -0.05) is 6.92 Å². The summed E-state index contributed by atoms with van der Waals surface area (Å²) in [7, 11) is 0. The minimum Gasteiger partial charge on any atom is -0.494 e. The average molecular weight is 419 g/mol. The molecule has 0 saturated carbocycles. The second-order valence-corrected chi connectivity index (χ2v) is 6.55. The Labute approximate surface area is 173 Å². The average Bonchev–Trinajstić information content (AvgIpc) is 2.73. The van der Waals surface area contributed by atoms with E-state index in [1.807, 2.05) is 6.92 Å². The van der Waals surface area contributed by atoms with Crippen LogP contribution in [0.4, 0.5) is 14.5 Å². The summed E-state index contributed by atoms with van der Waals surface area (Å²) in [5, 5.41) is 2.32. The first-order valence-corrected chi connectivity index (χ1v) is 9.51. The van der Waals surface area contributed by atoms with Gasteiger partial charge in [-0.05, 0) is 49.7 Å². The normalized spacial score (nSPS) is 11.5. The zero-order valence-corrected chi connectivity index (χ0v) is 16.7. The lowest BCUT2D eigenvalue weighted by Crippen LogP contribution is -2.30. The molecular weight excluding hydrogens is 396 g/mol. The van der Waals surface area contributed by atoms with E-state index in [0.717, 1.165) is 18.6 Å². The van der Waals surface area contributed by atoms with Crippen molar-refractivity contribution in [3.8, 4) is 5.75 Å².